The fourth-order valence-corrected chi connectivity index (χ4v) is 4.09. The van der Waals surface area contributed by atoms with E-state index in [1.165, 1.54) is 0 Å². The number of hydrogen-bond acceptors (Lipinski definition) is 13. The van der Waals surface area contributed by atoms with Gasteiger partial charge in [0.15, 0.2) is 18.2 Å². The van der Waals surface area contributed by atoms with Crippen molar-refractivity contribution in [1.82, 2.24) is 0 Å². The van der Waals surface area contributed by atoms with Crippen LogP contribution in [0.4, 0.5) is 15.8 Å². The number of non-ortho nitro benzene ring substituents is 1. The molecule has 196 valence electrons. The first-order valence-corrected chi connectivity index (χ1v) is 10.5. The van der Waals surface area contributed by atoms with E-state index in [4.69, 9.17) is 14.2 Å². The summed E-state index contributed by atoms with van der Waals surface area (Å²) in [5.41, 5.74) is -1.40. The van der Waals surface area contributed by atoms with Gasteiger partial charge in [-0.2, -0.15) is 0 Å². The molecule has 16 heteroatoms. The van der Waals surface area contributed by atoms with E-state index in [1.54, 1.807) is 0 Å². The average Bonchev–Trinajstić information content (AvgIpc) is 2.83. The molecule has 0 spiro atoms. The van der Waals surface area contributed by atoms with Gasteiger partial charge in [0.2, 0.25) is 0 Å². The van der Waals surface area contributed by atoms with Gasteiger partial charge in [0.05, 0.1) is 28.6 Å². The Kier molecular flexibility index (Phi) is 8.50. The van der Waals surface area contributed by atoms with E-state index in [-0.39, 0.29) is 6.42 Å². The molecular formula is C19H25FN2O13. The molecule has 6 N–H and O–H groups in total. The Bertz CT molecular complexity index is 919. The third-order valence-electron chi connectivity index (χ3n) is 6.02. The second kappa shape index (κ2) is 11.0. The standard InChI is InChI=1S/C19H25FN2O13/c20-13-11(33-10-2-1-8(21(29)30)4-9(10)22(31)32)3-7(5-23)18(15(13)26)35-19-17(28)16(27)14(25)12(6-24)34-19/h1-2,4,7,11-19,23-28H,3,5-6H2. The van der Waals surface area contributed by atoms with Gasteiger partial charge in [0.1, 0.15) is 36.6 Å². The minimum Gasteiger partial charge on any atom is -0.480 e. The average molecular weight is 508 g/mol. The molecule has 3 rings (SSSR count). The first-order valence-electron chi connectivity index (χ1n) is 10.5. The monoisotopic (exact) mass is 508 g/mol. The summed E-state index contributed by atoms with van der Waals surface area (Å²) in [5.74, 6) is -1.54. The summed E-state index contributed by atoms with van der Waals surface area (Å²) < 4.78 is 31.1. The zero-order valence-corrected chi connectivity index (χ0v) is 17.9. The number of rotatable bonds is 8. The number of benzene rings is 1. The van der Waals surface area contributed by atoms with E-state index in [0.717, 1.165) is 12.1 Å². The van der Waals surface area contributed by atoms with Crippen molar-refractivity contribution >= 4 is 11.4 Å². The molecule has 10 unspecified atom stereocenters. The Morgan fingerprint density at radius 2 is 1.69 bits per heavy atom. The van der Waals surface area contributed by atoms with Gasteiger partial charge in [-0.1, -0.05) is 0 Å². The van der Waals surface area contributed by atoms with Crippen LogP contribution in [0.25, 0.3) is 0 Å². The van der Waals surface area contributed by atoms with Crippen molar-refractivity contribution < 1.29 is 59.1 Å². The van der Waals surface area contributed by atoms with E-state index in [1.807, 2.05) is 0 Å². The van der Waals surface area contributed by atoms with Gasteiger partial charge >= 0.3 is 5.69 Å². The van der Waals surface area contributed by atoms with Crippen molar-refractivity contribution in [3.05, 3.63) is 38.4 Å². The second-order valence-electron chi connectivity index (χ2n) is 8.23. The molecule has 1 aliphatic carbocycles. The van der Waals surface area contributed by atoms with Crippen LogP contribution in [-0.4, -0.2) is 109 Å². The second-order valence-corrected chi connectivity index (χ2v) is 8.23. The summed E-state index contributed by atoms with van der Waals surface area (Å²) in [6, 6.07) is 2.47. The number of halogens is 1. The highest BCUT2D eigenvalue weighted by Gasteiger charge is 2.51. The SMILES string of the molecule is O=[N+]([O-])c1ccc(OC2CC(CO)C(OC3OC(CO)C(O)C(O)C3O)C(O)C2F)c([N+](=O)[O-])c1. The quantitative estimate of drug-likeness (QED) is 0.167. The molecule has 1 aromatic carbocycles. The molecule has 0 aromatic heterocycles. The summed E-state index contributed by atoms with van der Waals surface area (Å²) in [6.07, 6.45) is -16.0. The number of nitro benzene ring substituents is 2. The minimum absolute atomic E-state index is 0.342. The Hall–Kier alpha value is -2.57. The lowest BCUT2D eigenvalue weighted by molar-refractivity contribution is -0.395. The lowest BCUT2D eigenvalue weighted by Crippen LogP contribution is -2.62. The summed E-state index contributed by atoms with van der Waals surface area (Å²) in [7, 11) is 0. The van der Waals surface area contributed by atoms with Crippen molar-refractivity contribution in [3.63, 3.8) is 0 Å². The predicted octanol–water partition coefficient (Wildman–Crippen LogP) is -1.85. The first-order chi connectivity index (χ1) is 16.5. The number of alkyl halides is 1. The number of ether oxygens (including phenoxy) is 3. The Balaban J connectivity index is 1.78. The van der Waals surface area contributed by atoms with Crippen LogP contribution in [0, 0.1) is 26.1 Å². The van der Waals surface area contributed by atoms with Crippen LogP contribution < -0.4 is 4.74 Å². The van der Waals surface area contributed by atoms with Gasteiger partial charge in [0, 0.05) is 18.6 Å². The molecule has 1 aromatic rings. The maximum Gasteiger partial charge on any atom is 0.317 e. The minimum atomic E-state index is -2.23. The molecule has 1 heterocycles. The van der Waals surface area contributed by atoms with E-state index < -0.39 is 101 Å². The maximum atomic E-state index is 15.1. The highest BCUT2D eigenvalue weighted by molar-refractivity contribution is 5.53. The number of aliphatic hydroxyl groups excluding tert-OH is 6. The molecule has 1 aliphatic heterocycles. The van der Waals surface area contributed by atoms with Crippen LogP contribution in [0.15, 0.2) is 18.2 Å². The van der Waals surface area contributed by atoms with Crippen LogP contribution in [0.2, 0.25) is 0 Å². The Labute approximate surface area is 196 Å². The third-order valence-corrected chi connectivity index (χ3v) is 6.02. The zero-order chi connectivity index (χ0) is 26.0. The van der Waals surface area contributed by atoms with Gasteiger partial charge < -0.3 is 44.8 Å². The molecule has 2 aliphatic rings. The number of aliphatic hydroxyl groups is 6. The lowest BCUT2D eigenvalue weighted by Gasteiger charge is -2.45. The van der Waals surface area contributed by atoms with Crippen LogP contribution >= 0.6 is 0 Å². The summed E-state index contributed by atoms with van der Waals surface area (Å²) in [5, 5.41) is 81.7. The van der Waals surface area contributed by atoms with E-state index >= 15 is 4.39 Å². The van der Waals surface area contributed by atoms with Gasteiger partial charge in [-0.3, -0.25) is 20.2 Å². The van der Waals surface area contributed by atoms with Crippen LogP contribution in [-0.2, 0) is 9.47 Å². The lowest BCUT2D eigenvalue weighted by atomic mass is 9.81. The van der Waals surface area contributed by atoms with E-state index in [9.17, 15) is 50.9 Å². The number of hydrogen-bond donors (Lipinski definition) is 6. The highest BCUT2D eigenvalue weighted by Crippen LogP contribution is 2.38. The van der Waals surface area contributed by atoms with E-state index in [0.29, 0.717) is 6.07 Å². The smallest absolute Gasteiger partial charge is 0.317 e. The van der Waals surface area contributed by atoms with Crippen molar-refractivity contribution in [3.8, 4) is 5.75 Å². The van der Waals surface area contributed by atoms with Crippen molar-refractivity contribution in [1.29, 1.82) is 0 Å². The fourth-order valence-electron chi connectivity index (χ4n) is 4.09. The highest BCUT2D eigenvalue weighted by atomic mass is 19.1. The van der Waals surface area contributed by atoms with Gasteiger partial charge in [-0.05, 0) is 12.5 Å². The molecule has 10 atom stereocenters. The molecule has 1 saturated carbocycles. The van der Waals surface area contributed by atoms with Crippen LogP contribution in [0.3, 0.4) is 0 Å². The van der Waals surface area contributed by atoms with Crippen molar-refractivity contribution in [2.24, 2.45) is 5.92 Å². The van der Waals surface area contributed by atoms with Crippen LogP contribution in [0.5, 0.6) is 5.75 Å². The van der Waals surface area contributed by atoms with Gasteiger partial charge in [0.25, 0.3) is 5.69 Å². The summed E-state index contributed by atoms with van der Waals surface area (Å²) in [6.45, 7) is -1.44. The van der Waals surface area contributed by atoms with Gasteiger partial charge in [-0.15, -0.1) is 0 Å². The largest absolute Gasteiger partial charge is 0.480 e. The molecule has 2 fully saturated rings. The molecule has 0 radical (unpaired) electrons. The number of nitro groups is 2. The Morgan fingerprint density at radius 1 is 1.00 bits per heavy atom. The molecule has 0 amide bonds. The molecule has 15 nitrogen and oxygen atoms in total. The first kappa shape index (κ1) is 27.0. The van der Waals surface area contributed by atoms with Crippen molar-refractivity contribution in [2.75, 3.05) is 13.2 Å². The summed E-state index contributed by atoms with van der Waals surface area (Å²) >= 11 is 0. The third kappa shape index (κ3) is 5.49. The molecule has 1 saturated heterocycles. The maximum absolute atomic E-state index is 15.1. The van der Waals surface area contributed by atoms with Crippen molar-refractivity contribution in [2.45, 2.75) is 61.6 Å². The predicted molar refractivity (Wildman–Crippen MR) is 109 cm³/mol. The van der Waals surface area contributed by atoms with E-state index in [2.05, 4.69) is 0 Å². The summed E-state index contributed by atoms with van der Waals surface area (Å²) in [4.78, 5) is 20.4. The van der Waals surface area contributed by atoms with Crippen LogP contribution in [0.1, 0.15) is 6.42 Å². The molecule has 35 heavy (non-hydrogen) atoms. The zero-order valence-electron chi connectivity index (χ0n) is 17.9. The normalized spacial score (nSPS) is 37.6. The molecule has 0 bridgehead atoms. The van der Waals surface area contributed by atoms with Gasteiger partial charge in [-0.25, -0.2) is 4.39 Å². The molecular weight excluding hydrogens is 483 g/mol. The Morgan fingerprint density at radius 3 is 2.26 bits per heavy atom. The topological polar surface area (TPSA) is 235 Å². The number of nitrogens with zero attached hydrogens (tertiary/aromatic N) is 2. The fraction of sp³-hybridized carbons (Fsp3) is 0.684.